The fraction of sp³-hybridized carbons (Fsp3) is 0.933. The molecular weight excluding hydrogens is 1050 g/mol. The van der Waals surface area contributed by atoms with E-state index in [0.29, 0.717) is 43.4 Å². The van der Waals surface area contributed by atoms with Gasteiger partial charge in [-0.25, -0.2) is 9.13 Å². The Balaban J connectivity index is 5.23. The molecule has 19 heteroatoms. The zero-order valence-corrected chi connectivity index (χ0v) is 52.8. The zero-order valence-electron chi connectivity index (χ0n) is 51.0. The number of phosphoric ester groups is 2. The van der Waals surface area contributed by atoms with Gasteiger partial charge in [-0.2, -0.15) is 0 Å². The van der Waals surface area contributed by atoms with Crippen molar-refractivity contribution in [2.75, 3.05) is 39.6 Å². The van der Waals surface area contributed by atoms with Crippen molar-refractivity contribution in [3.8, 4) is 0 Å². The van der Waals surface area contributed by atoms with Gasteiger partial charge in [-0.3, -0.25) is 37.3 Å². The monoisotopic (exact) mass is 1170 g/mol. The van der Waals surface area contributed by atoms with Crippen molar-refractivity contribution in [3.05, 3.63) is 0 Å². The summed E-state index contributed by atoms with van der Waals surface area (Å²) in [6.45, 7) is 13.8. The number of rotatable bonds is 57. The first-order chi connectivity index (χ1) is 37.6. The molecule has 3 N–H and O–H groups in total. The van der Waals surface area contributed by atoms with E-state index in [1.807, 2.05) is 0 Å². The predicted octanol–water partition coefficient (Wildman–Crippen LogP) is 15.8. The largest absolute Gasteiger partial charge is 0.472 e. The third kappa shape index (κ3) is 55.0. The standard InChI is InChI=1S/C60H116O17P2/c1-50(2)36-28-20-12-10-9-11-13-24-32-40-57(62)70-46-55(76-59(64)42-34-26-18-15-22-30-38-52(5)6)48-74-78(66,67)72-44-54(61)45-73-79(68,69)75-49-56(77-60(65)43-35-27-19-16-23-31-39-53(7)8)47-71-58(63)41-33-25-17-14-21-29-37-51(3)4/h50-56,61H,9-49H2,1-8H3,(H,66,67)(H,68,69)/t54-,55-,56-/m1/s1. The first kappa shape index (κ1) is 77.1. The molecule has 79 heavy (non-hydrogen) atoms. The summed E-state index contributed by atoms with van der Waals surface area (Å²) >= 11 is 0. The second kappa shape index (κ2) is 50.6. The normalized spacial score (nSPS) is 14.6. The van der Waals surface area contributed by atoms with Crippen LogP contribution in [0.15, 0.2) is 0 Å². The van der Waals surface area contributed by atoms with Crippen LogP contribution in [0.25, 0.3) is 0 Å². The van der Waals surface area contributed by atoms with Crippen LogP contribution in [0.5, 0.6) is 0 Å². The summed E-state index contributed by atoms with van der Waals surface area (Å²) in [7, 11) is -9.88. The van der Waals surface area contributed by atoms with E-state index in [1.54, 1.807) is 0 Å². The smallest absolute Gasteiger partial charge is 0.462 e. The lowest BCUT2D eigenvalue weighted by atomic mass is 10.0. The molecule has 0 rings (SSSR count). The van der Waals surface area contributed by atoms with E-state index in [4.69, 9.17) is 37.0 Å². The molecule has 0 aliphatic heterocycles. The summed E-state index contributed by atoms with van der Waals surface area (Å²) < 4.78 is 67.7. The molecule has 17 nitrogen and oxygen atoms in total. The first-order valence-corrected chi connectivity index (χ1v) is 34.2. The maximum Gasteiger partial charge on any atom is 0.472 e. The van der Waals surface area contributed by atoms with Gasteiger partial charge in [-0.05, 0) is 49.4 Å². The maximum absolute atomic E-state index is 12.9. The summed E-state index contributed by atoms with van der Waals surface area (Å²) in [4.78, 5) is 71.9. The molecule has 0 aliphatic rings. The molecular formula is C60H116O17P2. The summed E-state index contributed by atoms with van der Waals surface area (Å²) in [6.07, 6.45) is 28.5. The van der Waals surface area contributed by atoms with Gasteiger partial charge < -0.3 is 33.8 Å². The number of carbonyl (C=O) groups excluding carboxylic acids is 4. The van der Waals surface area contributed by atoms with Crippen LogP contribution in [0.2, 0.25) is 0 Å². The maximum atomic E-state index is 12.9. The van der Waals surface area contributed by atoms with Crippen molar-refractivity contribution >= 4 is 39.5 Å². The second-order valence-electron chi connectivity index (χ2n) is 23.6. The highest BCUT2D eigenvalue weighted by molar-refractivity contribution is 7.47. The highest BCUT2D eigenvalue weighted by atomic mass is 31.2. The number of ether oxygens (including phenoxy) is 4. The van der Waals surface area contributed by atoms with Crippen molar-refractivity contribution in [2.24, 2.45) is 23.7 Å². The minimum Gasteiger partial charge on any atom is -0.462 e. The Morgan fingerprint density at radius 2 is 0.532 bits per heavy atom. The average molecular weight is 1170 g/mol. The highest BCUT2D eigenvalue weighted by Crippen LogP contribution is 2.45. The van der Waals surface area contributed by atoms with E-state index < -0.39 is 97.5 Å². The van der Waals surface area contributed by atoms with Gasteiger partial charge in [0.05, 0.1) is 26.4 Å². The molecule has 5 atom stereocenters. The minimum absolute atomic E-state index is 0.100. The Morgan fingerprint density at radius 3 is 0.785 bits per heavy atom. The Kier molecular flexibility index (Phi) is 49.3. The molecule has 0 spiro atoms. The fourth-order valence-corrected chi connectivity index (χ4v) is 10.3. The third-order valence-electron chi connectivity index (χ3n) is 13.6. The summed E-state index contributed by atoms with van der Waals surface area (Å²) in [5.74, 6) is 0.608. The molecule has 0 radical (unpaired) electrons. The van der Waals surface area contributed by atoms with Gasteiger partial charge in [0.15, 0.2) is 12.2 Å². The minimum atomic E-state index is -4.94. The van der Waals surface area contributed by atoms with Crippen LogP contribution in [0.3, 0.4) is 0 Å². The van der Waals surface area contributed by atoms with Crippen LogP contribution in [0.4, 0.5) is 0 Å². The van der Waals surface area contributed by atoms with Gasteiger partial charge in [-0.15, -0.1) is 0 Å². The third-order valence-corrected chi connectivity index (χ3v) is 15.5. The number of aliphatic hydroxyl groups excluding tert-OH is 1. The molecule has 0 saturated heterocycles. The molecule has 0 amide bonds. The molecule has 0 aromatic heterocycles. The molecule has 0 aromatic carbocycles. The molecule has 0 fully saturated rings. The van der Waals surface area contributed by atoms with Crippen LogP contribution in [0.1, 0.15) is 280 Å². The first-order valence-electron chi connectivity index (χ1n) is 31.2. The van der Waals surface area contributed by atoms with Gasteiger partial charge in [0.25, 0.3) is 0 Å². The Morgan fingerprint density at radius 1 is 0.316 bits per heavy atom. The van der Waals surface area contributed by atoms with Gasteiger partial charge in [-0.1, -0.05) is 229 Å². The molecule has 0 heterocycles. The summed E-state index contributed by atoms with van der Waals surface area (Å²) in [5, 5.41) is 10.5. The van der Waals surface area contributed by atoms with Gasteiger partial charge in [0, 0.05) is 25.7 Å². The molecule has 2 unspecified atom stereocenters. The lowest BCUT2D eigenvalue weighted by molar-refractivity contribution is -0.161. The van der Waals surface area contributed by atoms with Crippen LogP contribution >= 0.6 is 15.6 Å². The van der Waals surface area contributed by atoms with Crippen LogP contribution in [0, 0.1) is 23.7 Å². The number of hydrogen-bond donors (Lipinski definition) is 3. The molecule has 468 valence electrons. The van der Waals surface area contributed by atoms with Gasteiger partial charge >= 0.3 is 39.5 Å². The zero-order chi connectivity index (χ0) is 59.0. The van der Waals surface area contributed by atoms with E-state index in [0.717, 1.165) is 102 Å². The van der Waals surface area contributed by atoms with Crippen LogP contribution in [-0.2, 0) is 65.4 Å². The Hall–Kier alpha value is -1.94. The highest BCUT2D eigenvalue weighted by Gasteiger charge is 2.30. The molecule has 0 aliphatic carbocycles. The predicted molar refractivity (Wildman–Crippen MR) is 312 cm³/mol. The van der Waals surface area contributed by atoms with Crippen molar-refractivity contribution in [2.45, 2.75) is 298 Å². The second-order valence-corrected chi connectivity index (χ2v) is 26.5. The fourth-order valence-electron chi connectivity index (χ4n) is 8.72. The van der Waals surface area contributed by atoms with Crippen LogP contribution in [-0.4, -0.2) is 96.7 Å². The van der Waals surface area contributed by atoms with Gasteiger partial charge in [0.1, 0.15) is 19.3 Å². The van der Waals surface area contributed by atoms with E-state index in [2.05, 4.69) is 55.4 Å². The van der Waals surface area contributed by atoms with Crippen LogP contribution < -0.4 is 0 Å². The lowest BCUT2D eigenvalue weighted by Crippen LogP contribution is -2.30. The Labute approximate surface area is 479 Å². The lowest BCUT2D eigenvalue weighted by Gasteiger charge is -2.21. The van der Waals surface area contributed by atoms with E-state index in [1.165, 1.54) is 77.0 Å². The van der Waals surface area contributed by atoms with Crippen molar-refractivity contribution in [3.63, 3.8) is 0 Å². The van der Waals surface area contributed by atoms with Crippen molar-refractivity contribution in [1.29, 1.82) is 0 Å². The number of unbranched alkanes of at least 4 members (excludes halogenated alkanes) is 23. The number of carbonyl (C=O) groups is 4. The number of esters is 4. The van der Waals surface area contributed by atoms with E-state index >= 15 is 0 Å². The SMILES string of the molecule is CC(C)CCCCCCCCCCCC(=O)OC[C@H](COP(=O)(O)OC[C@@H](O)COP(=O)(O)OC[C@@H](COC(=O)CCCCCCCCC(C)C)OC(=O)CCCCCCCCC(C)C)OC(=O)CCCCCCCCC(C)C. The van der Waals surface area contributed by atoms with Gasteiger partial charge in [0.2, 0.25) is 0 Å². The number of hydrogen-bond acceptors (Lipinski definition) is 15. The Bertz CT molecular complexity index is 1590. The summed E-state index contributed by atoms with van der Waals surface area (Å²) in [5.41, 5.74) is 0. The molecule has 0 aromatic rings. The van der Waals surface area contributed by atoms with Crippen molar-refractivity contribution in [1.82, 2.24) is 0 Å². The number of phosphoric acid groups is 2. The van der Waals surface area contributed by atoms with E-state index in [9.17, 15) is 43.2 Å². The topological polar surface area (TPSA) is 237 Å². The number of aliphatic hydroxyl groups is 1. The van der Waals surface area contributed by atoms with Crippen molar-refractivity contribution < 1.29 is 80.2 Å². The molecule has 0 saturated carbocycles. The van der Waals surface area contributed by atoms with E-state index in [-0.39, 0.29) is 25.7 Å². The molecule has 0 bridgehead atoms. The quantitative estimate of drug-likeness (QED) is 0.0222. The average Bonchev–Trinajstić information content (AvgIpc) is 3.38. The summed E-state index contributed by atoms with van der Waals surface area (Å²) in [6, 6.07) is 0.